The standard InChI is InChI=1S/C17H20N2O/c1-12-8-14-15(9-17(2,3)10-16(14)20)19(12)11-13-4-6-18-7-5-13/h4-8H,9-11H2,1-3H3. The Bertz CT molecular complexity index is 653. The molecule has 0 saturated carbocycles. The van der Waals surface area contributed by atoms with Gasteiger partial charge in [-0.25, -0.2) is 0 Å². The molecule has 2 heterocycles. The van der Waals surface area contributed by atoms with Crippen molar-refractivity contribution in [1.82, 2.24) is 9.55 Å². The maximum Gasteiger partial charge on any atom is 0.165 e. The number of hydrogen-bond donors (Lipinski definition) is 0. The van der Waals surface area contributed by atoms with E-state index in [1.54, 1.807) is 0 Å². The molecule has 2 aromatic heterocycles. The van der Waals surface area contributed by atoms with Crippen molar-refractivity contribution < 1.29 is 4.79 Å². The molecule has 1 aliphatic rings. The summed E-state index contributed by atoms with van der Waals surface area (Å²) in [4.78, 5) is 16.4. The Kier molecular flexibility index (Phi) is 3.00. The lowest BCUT2D eigenvalue weighted by Gasteiger charge is -2.30. The molecule has 0 amide bonds. The molecule has 0 unspecified atom stereocenters. The van der Waals surface area contributed by atoms with Crippen LogP contribution in [0.2, 0.25) is 0 Å². The van der Waals surface area contributed by atoms with Gasteiger partial charge in [0, 0.05) is 42.3 Å². The van der Waals surface area contributed by atoms with Crippen LogP contribution >= 0.6 is 0 Å². The number of aryl methyl sites for hydroxylation is 1. The molecule has 2 aromatic rings. The monoisotopic (exact) mass is 268 g/mol. The van der Waals surface area contributed by atoms with E-state index < -0.39 is 0 Å². The van der Waals surface area contributed by atoms with E-state index in [1.165, 1.54) is 11.3 Å². The van der Waals surface area contributed by atoms with Crippen LogP contribution in [0.15, 0.2) is 30.6 Å². The van der Waals surface area contributed by atoms with Crippen molar-refractivity contribution in [1.29, 1.82) is 0 Å². The molecule has 20 heavy (non-hydrogen) atoms. The average molecular weight is 268 g/mol. The predicted octanol–water partition coefficient (Wildman–Crippen LogP) is 3.39. The second kappa shape index (κ2) is 4.58. The molecule has 3 rings (SSSR count). The van der Waals surface area contributed by atoms with Gasteiger partial charge < -0.3 is 4.57 Å². The summed E-state index contributed by atoms with van der Waals surface area (Å²) in [6.07, 6.45) is 5.25. The summed E-state index contributed by atoms with van der Waals surface area (Å²) in [6.45, 7) is 7.24. The van der Waals surface area contributed by atoms with Crippen LogP contribution in [0.4, 0.5) is 0 Å². The molecular weight excluding hydrogens is 248 g/mol. The lowest BCUT2D eigenvalue weighted by molar-refractivity contribution is 0.0910. The van der Waals surface area contributed by atoms with Crippen LogP contribution in [0, 0.1) is 12.3 Å². The zero-order valence-electron chi connectivity index (χ0n) is 12.3. The highest BCUT2D eigenvalue weighted by Crippen LogP contribution is 2.36. The van der Waals surface area contributed by atoms with Gasteiger partial charge in [-0.05, 0) is 42.5 Å². The molecule has 0 aliphatic heterocycles. The number of hydrogen-bond acceptors (Lipinski definition) is 2. The lowest BCUT2D eigenvalue weighted by atomic mass is 9.76. The number of carbonyl (C=O) groups is 1. The molecule has 0 aromatic carbocycles. The highest BCUT2D eigenvalue weighted by atomic mass is 16.1. The number of Topliss-reactive ketones (excluding diaryl/α,β-unsaturated/α-hetero) is 1. The van der Waals surface area contributed by atoms with E-state index in [2.05, 4.69) is 30.3 Å². The highest BCUT2D eigenvalue weighted by molar-refractivity contribution is 5.99. The first-order valence-electron chi connectivity index (χ1n) is 7.07. The number of pyridine rings is 1. The quantitative estimate of drug-likeness (QED) is 0.836. The van der Waals surface area contributed by atoms with Gasteiger partial charge >= 0.3 is 0 Å². The van der Waals surface area contributed by atoms with E-state index in [9.17, 15) is 4.79 Å². The molecule has 0 saturated heterocycles. The van der Waals surface area contributed by atoms with E-state index in [4.69, 9.17) is 0 Å². The lowest BCUT2D eigenvalue weighted by Crippen LogP contribution is -2.28. The van der Waals surface area contributed by atoms with Crippen molar-refractivity contribution in [3.05, 3.63) is 53.1 Å². The molecule has 0 spiro atoms. The van der Waals surface area contributed by atoms with Crippen LogP contribution in [-0.4, -0.2) is 15.3 Å². The van der Waals surface area contributed by atoms with Gasteiger partial charge in [-0.2, -0.15) is 0 Å². The molecule has 0 bridgehead atoms. The van der Waals surface area contributed by atoms with E-state index in [0.717, 1.165) is 24.2 Å². The Morgan fingerprint density at radius 3 is 2.65 bits per heavy atom. The number of carbonyl (C=O) groups excluding carboxylic acids is 1. The van der Waals surface area contributed by atoms with E-state index in [1.807, 2.05) is 30.6 Å². The maximum absolute atomic E-state index is 12.3. The molecule has 0 N–H and O–H groups in total. The van der Waals surface area contributed by atoms with Gasteiger partial charge in [0.15, 0.2) is 5.78 Å². The van der Waals surface area contributed by atoms with Crippen LogP contribution in [-0.2, 0) is 13.0 Å². The summed E-state index contributed by atoms with van der Waals surface area (Å²) >= 11 is 0. The molecule has 104 valence electrons. The SMILES string of the molecule is Cc1cc2c(n1Cc1ccncc1)CC(C)(C)CC2=O. The topological polar surface area (TPSA) is 34.9 Å². The fraction of sp³-hybridized carbons (Fsp3) is 0.412. The Hall–Kier alpha value is -1.90. The smallest absolute Gasteiger partial charge is 0.165 e. The van der Waals surface area contributed by atoms with Crippen LogP contribution in [0.25, 0.3) is 0 Å². The van der Waals surface area contributed by atoms with Gasteiger partial charge in [-0.1, -0.05) is 13.8 Å². The molecule has 3 nitrogen and oxygen atoms in total. The number of nitrogens with zero attached hydrogens (tertiary/aromatic N) is 2. The van der Waals surface area contributed by atoms with Crippen molar-refractivity contribution >= 4 is 5.78 Å². The fourth-order valence-electron chi connectivity index (χ4n) is 3.10. The third kappa shape index (κ3) is 2.28. The molecule has 0 atom stereocenters. The first-order chi connectivity index (χ1) is 9.46. The Labute approximate surface area is 119 Å². The summed E-state index contributed by atoms with van der Waals surface area (Å²) in [5, 5.41) is 0. The van der Waals surface area contributed by atoms with E-state index in [-0.39, 0.29) is 11.2 Å². The van der Waals surface area contributed by atoms with Gasteiger partial charge in [0.25, 0.3) is 0 Å². The third-order valence-corrected chi connectivity index (χ3v) is 4.09. The molecule has 0 radical (unpaired) electrons. The summed E-state index contributed by atoms with van der Waals surface area (Å²) in [5.74, 6) is 0.285. The fourth-order valence-corrected chi connectivity index (χ4v) is 3.10. The Balaban J connectivity index is 2.03. The van der Waals surface area contributed by atoms with Crippen LogP contribution < -0.4 is 0 Å². The largest absolute Gasteiger partial charge is 0.344 e. The number of ketones is 1. The minimum absolute atomic E-state index is 0.0604. The molecule has 0 fully saturated rings. The minimum Gasteiger partial charge on any atom is -0.344 e. The molecule has 3 heteroatoms. The summed E-state index contributed by atoms with van der Waals surface area (Å²) in [6, 6.07) is 6.11. The van der Waals surface area contributed by atoms with E-state index >= 15 is 0 Å². The summed E-state index contributed by atoms with van der Waals surface area (Å²) < 4.78 is 2.28. The zero-order valence-corrected chi connectivity index (χ0v) is 12.3. The van der Waals surface area contributed by atoms with Gasteiger partial charge in [0.1, 0.15) is 0 Å². The van der Waals surface area contributed by atoms with E-state index in [0.29, 0.717) is 6.42 Å². The summed E-state index contributed by atoms with van der Waals surface area (Å²) in [7, 11) is 0. The second-order valence-corrected chi connectivity index (χ2v) is 6.53. The van der Waals surface area contributed by atoms with Gasteiger partial charge in [-0.3, -0.25) is 9.78 Å². The average Bonchev–Trinajstić information content (AvgIpc) is 2.67. The third-order valence-electron chi connectivity index (χ3n) is 4.09. The summed E-state index contributed by atoms with van der Waals surface area (Å²) in [5.41, 5.74) is 4.57. The number of rotatable bonds is 2. The second-order valence-electron chi connectivity index (χ2n) is 6.53. The number of fused-ring (bicyclic) bond motifs is 1. The van der Waals surface area contributed by atoms with Crippen molar-refractivity contribution in [3.63, 3.8) is 0 Å². The van der Waals surface area contributed by atoms with Gasteiger partial charge in [0.2, 0.25) is 0 Å². The maximum atomic E-state index is 12.3. The first kappa shape index (κ1) is 13.1. The predicted molar refractivity (Wildman–Crippen MR) is 78.9 cm³/mol. The Morgan fingerprint density at radius 2 is 1.95 bits per heavy atom. The van der Waals surface area contributed by atoms with Crippen molar-refractivity contribution in [2.75, 3.05) is 0 Å². The Morgan fingerprint density at radius 1 is 1.25 bits per heavy atom. The normalized spacial score (nSPS) is 17.1. The minimum atomic E-state index is 0.0604. The van der Waals surface area contributed by atoms with Gasteiger partial charge in [-0.15, -0.1) is 0 Å². The van der Waals surface area contributed by atoms with Crippen molar-refractivity contribution in [3.8, 4) is 0 Å². The number of aromatic nitrogens is 2. The van der Waals surface area contributed by atoms with Gasteiger partial charge in [0.05, 0.1) is 0 Å². The first-order valence-corrected chi connectivity index (χ1v) is 7.07. The zero-order chi connectivity index (χ0) is 14.3. The van der Waals surface area contributed by atoms with Crippen LogP contribution in [0.5, 0.6) is 0 Å². The van der Waals surface area contributed by atoms with Crippen molar-refractivity contribution in [2.45, 2.75) is 40.2 Å². The van der Waals surface area contributed by atoms with Crippen molar-refractivity contribution in [2.24, 2.45) is 5.41 Å². The van der Waals surface area contributed by atoms with Crippen LogP contribution in [0.1, 0.15) is 47.6 Å². The molecular formula is C17H20N2O. The molecule has 1 aliphatic carbocycles. The van der Waals surface area contributed by atoms with Crippen LogP contribution in [0.3, 0.4) is 0 Å². The highest BCUT2D eigenvalue weighted by Gasteiger charge is 2.33.